The van der Waals surface area contributed by atoms with Crippen LogP contribution in [0, 0.1) is 0 Å². The summed E-state index contributed by atoms with van der Waals surface area (Å²) in [5.74, 6) is 0. The van der Waals surface area contributed by atoms with Gasteiger partial charge in [-0.15, -0.1) is 0 Å². The van der Waals surface area contributed by atoms with E-state index in [1.54, 1.807) is 7.05 Å². The van der Waals surface area contributed by atoms with Gasteiger partial charge in [0, 0.05) is 20.1 Å². The fourth-order valence-electron chi connectivity index (χ4n) is 0.655. The zero-order chi connectivity index (χ0) is 8.53. The maximum absolute atomic E-state index is 9.06. The first kappa shape index (κ1) is 10.4. The average Bonchev–Trinajstić information content (AvgIpc) is 2.07. The van der Waals surface area contributed by atoms with Crippen LogP contribution in [0.3, 0.4) is 0 Å². The van der Waals surface area contributed by atoms with E-state index in [1.165, 1.54) is 0 Å². The number of hydrogen-bond acceptors (Lipinski definition) is 3. The molecule has 0 aliphatic carbocycles. The summed E-state index contributed by atoms with van der Waals surface area (Å²) in [6.45, 7) is 4.02. The molecule has 0 radical (unpaired) electrons. The third-order valence-electron chi connectivity index (χ3n) is 1.35. The van der Waals surface area contributed by atoms with Crippen LogP contribution in [0.4, 0.5) is 0 Å². The van der Waals surface area contributed by atoms with Crippen molar-refractivity contribution in [1.82, 2.24) is 10.2 Å². The monoisotopic (exact) mass is 160 g/mol. The molecule has 1 saturated heterocycles. The van der Waals surface area contributed by atoms with E-state index in [2.05, 4.69) is 17.3 Å². The number of rotatable bonds is 1. The highest BCUT2D eigenvalue weighted by atomic mass is 16.5. The van der Waals surface area contributed by atoms with Crippen molar-refractivity contribution in [2.75, 3.05) is 40.4 Å². The van der Waals surface area contributed by atoms with Gasteiger partial charge < -0.3 is 15.0 Å². The Morgan fingerprint density at radius 3 is 2.09 bits per heavy atom. The third-order valence-corrected chi connectivity index (χ3v) is 1.35. The van der Waals surface area contributed by atoms with Crippen LogP contribution < -0.4 is 5.32 Å². The SMILES string of the molecule is CN1CCOCC1.CNC=O. The highest BCUT2D eigenvalue weighted by molar-refractivity contribution is 5.44. The Hall–Kier alpha value is -0.610. The van der Waals surface area contributed by atoms with Crippen LogP contribution in [-0.2, 0) is 9.53 Å². The maximum atomic E-state index is 9.06. The van der Waals surface area contributed by atoms with Gasteiger partial charge in [0.15, 0.2) is 0 Å². The summed E-state index contributed by atoms with van der Waals surface area (Å²) in [5, 5.41) is 2.25. The molecule has 0 spiro atoms. The van der Waals surface area contributed by atoms with Gasteiger partial charge in [-0.1, -0.05) is 0 Å². The fourth-order valence-corrected chi connectivity index (χ4v) is 0.655. The summed E-state index contributed by atoms with van der Waals surface area (Å²) in [4.78, 5) is 11.3. The number of nitrogens with one attached hydrogen (secondary N) is 1. The van der Waals surface area contributed by atoms with Crippen LogP contribution in [0.5, 0.6) is 0 Å². The van der Waals surface area contributed by atoms with E-state index in [0.29, 0.717) is 6.41 Å². The Morgan fingerprint density at radius 2 is 1.91 bits per heavy atom. The molecule has 1 N–H and O–H groups in total. The summed E-state index contributed by atoms with van der Waals surface area (Å²) < 4.78 is 5.10. The van der Waals surface area contributed by atoms with Gasteiger partial charge in [-0.25, -0.2) is 0 Å². The smallest absolute Gasteiger partial charge is 0.206 e. The Bertz CT molecular complexity index is 92.4. The molecule has 0 aromatic carbocycles. The zero-order valence-electron chi connectivity index (χ0n) is 7.17. The van der Waals surface area contributed by atoms with Crippen molar-refractivity contribution in [3.8, 4) is 0 Å². The van der Waals surface area contributed by atoms with E-state index in [4.69, 9.17) is 9.53 Å². The van der Waals surface area contributed by atoms with Gasteiger partial charge in [0.05, 0.1) is 13.2 Å². The summed E-state index contributed by atoms with van der Waals surface area (Å²) in [6, 6.07) is 0. The zero-order valence-corrected chi connectivity index (χ0v) is 7.17. The molecule has 1 aliphatic heterocycles. The van der Waals surface area contributed by atoms with Crippen molar-refractivity contribution in [2.45, 2.75) is 0 Å². The lowest BCUT2D eigenvalue weighted by Crippen LogP contribution is -2.32. The second-order valence-electron chi connectivity index (χ2n) is 2.32. The quantitative estimate of drug-likeness (QED) is 0.516. The standard InChI is InChI=1S/C5H11NO.C2H5NO/c1-6-2-4-7-5-3-6;1-3-2-4/h2-5H2,1H3;2H,1H3,(H,3,4). The molecule has 0 atom stereocenters. The number of carbonyl (C=O) groups excluding carboxylic acids is 1. The largest absolute Gasteiger partial charge is 0.379 e. The first-order chi connectivity index (χ1) is 5.31. The number of ether oxygens (including phenoxy) is 1. The second kappa shape index (κ2) is 7.50. The molecule has 4 heteroatoms. The molecule has 0 bridgehead atoms. The van der Waals surface area contributed by atoms with Gasteiger partial charge in [-0.05, 0) is 7.05 Å². The van der Waals surface area contributed by atoms with Crippen molar-refractivity contribution in [1.29, 1.82) is 0 Å². The molecule has 11 heavy (non-hydrogen) atoms. The van der Waals surface area contributed by atoms with Gasteiger partial charge >= 0.3 is 0 Å². The minimum Gasteiger partial charge on any atom is -0.379 e. The van der Waals surface area contributed by atoms with Crippen molar-refractivity contribution >= 4 is 6.41 Å². The van der Waals surface area contributed by atoms with Crippen molar-refractivity contribution in [2.24, 2.45) is 0 Å². The molecule has 1 rings (SSSR count). The van der Waals surface area contributed by atoms with Crippen LogP contribution in [0.2, 0.25) is 0 Å². The number of carbonyl (C=O) groups is 1. The van der Waals surface area contributed by atoms with Crippen LogP contribution in [-0.4, -0.2) is 51.7 Å². The maximum Gasteiger partial charge on any atom is 0.206 e. The first-order valence-corrected chi connectivity index (χ1v) is 3.68. The van der Waals surface area contributed by atoms with Gasteiger partial charge in [-0.2, -0.15) is 0 Å². The fraction of sp³-hybridized carbons (Fsp3) is 0.857. The molecular weight excluding hydrogens is 144 g/mol. The molecule has 4 nitrogen and oxygen atoms in total. The number of hydrogen-bond donors (Lipinski definition) is 1. The number of likely N-dealkylation sites (N-methyl/N-ethyl adjacent to an activating group) is 1. The third kappa shape index (κ3) is 7.29. The van der Waals surface area contributed by atoms with Crippen molar-refractivity contribution < 1.29 is 9.53 Å². The van der Waals surface area contributed by atoms with E-state index in [0.717, 1.165) is 26.3 Å². The topological polar surface area (TPSA) is 41.6 Å². The van der Waals surface area contributed by atoms with Crippen LogP contribution in [0.1, 0.15) is 0 Å². The lowest BCUT2D eigenvalue weighted by molar-refractivity contribution is -0.109. The molecule has 0 unspecified atom stereocenters. The highest BCUT2D eigenvalue weighted by Gasteiger charge is 2.02. The minimum absolute atomic E-state index is 0.625. The first-order valence-electron chi connectivity index (χ1n) is 3.68. The van der Waals surface area contributed by atoms with E-state index in [-0.39, 0.29) is 0 Å². The Balaban J connectivity index is 0.000000218. The van der Waals surface area contributed by atoms with Gasteiger partial charge in [0.1, 0.15) is 0 Å². The number of amides is 1. The molecule has 0 saturated carbocycles. The average molecular weight is 160 g/mol. The number of nitrogens with zero attached hydrogens (tertiary/aromatic N) is 1. The Kier molecular flexibility index (Phi) is 7.08. The normalized spacial score (nSPS) is 18.0. The van der Waals surface area contributed by atoms with Gasteiger partial charge in [-0.3, -0.25) is 4.79 Å². The molecule has 0 aromatic heterocycles. The van der Waals surface area contributed by atoms with E-state index < -0.39 is 0 Å². The lowest BCUT2D eigenvalue weighted by atomic mass is 10.5. The summed E-state index contributed by atoms with van der Waals surface area (Å²) in [6.07, 6.45) is 0.625. The number of morpholine rings is 1. The minimum atomic E-state index is 0.625. The second-order valence-corrected chi connectivity index (χ2v) is 2.32. The van der Waals surface area contributed by atoms with E-state index in [9.17, 15) is 0 Å². The highest BCUT2D eigenvalue weighted by Crippen LogP contribution is 1.89. The molecule has 1 heterocycles. The molecular formula is C7H16N2O2. The molecule has 1 fully saturated rings. The molecule has 1 aliphatic rings. The Morgan fingerprint density at radius 1 is 1.45 bits per heavy atom. The van der Waals surface area contributed by atoms with Crippen LogP contribution in [0.15, 0.2) is 0 Å². The van der Waals surface area contributed by atoms with E-state index >= 15 is 0 Å². The van der Waals surface area contributed by atoms with Gasteiger partial charge in [0.2, 0.25) is 6.41 Å². The van der Waals surface area contributed by atoms with Crippen molar-refractivity contribution in [3.05, 3.63) is 0 Å². The predicted octanol–water partition coefficient (Wildman–Crippen LogP) is -0.689. The van der Waals surface area contributed by atoms with Gasteiger partial charge in [0.25, 0.3) is 0 Å². The summed E-state index contributed by atoms with van der Waals surface area (Å²) >= 11 is 0. The molecule has 0 aromatic rings. The van der Waals surface area contributed by atoms with E-state index in [1.807, 2.05) is 0 Å². The molecule has 66 valence electrons. The van der Waals surface area contributed by atoms with Crippen molar-refractivity contribution in [3.63, 3.8) is 0 Å². The lowest BCUT2D eigenvalue weighted by Gasteiger charge is -2.21. The van der Waals surface area contributed by atoms with Crippen LogP contribution >= 0.6 is 0 Å². The van der Waals surface area contributed by atoms with Crippen LogP contribution in [0.25, 0.3) is 0 Å². The predicted molar refractivity (Wildman–Crippen MR) is 43.4 cm³/mol. The Labute approximate surface area is 67.5 Å². The molecule has 1 amide bonds. The summed E-state index contributed by atoms with van der Waals surface area (Å²) in [7, 11) is 3.68. The summed E-state index contributed by atoms with van der Waals surface area (Å²) in [5.41, 5.74) is 0.